The van der Waals surface area contributed by atoms with Gasteiger partial charge >= 0.3 is 5.97 Å². The van der Waals surface area contributed by atoms with Crippen LogP contribution in [0.5, 0.6) is 0 Å². The zero-order chi connectivity index (χ0) is 26.4. The second-order valence-electron chi connectivity index (χ2n) is 13.9. The predicted octanol–water partition coefficient (Wildman–Crippen LogP) is 7.09. The summed E-state index contributed by atoms with van der Waals surface area (Å²) >= 11 is 0. The number of hydrogen-bond acceptors (Lipinski definition) is 4. The summed E-state index contributed by atoms with van der Waals surface area (Å²) in [6.45, 7) is 8.81. The third kappa shape index (κ3) is 5.05. The Morgan fingerprint density at radius 3 is 2.51 bits per heavy atom. The summed E-state index contributed by atoms with van der Waals surface area (Å²) in [6.07, 6.45) is 13.7. The summed E-state index contributed by atoms with van der Waals surface area (Å²) in [6, 6.07) is 9.12. The number of allylic oxidation sites excluding steroid dienone is 1. The lowest BCUT2D eigenvalue weighted by Gasteiger charge is -2.59. The average molecular weight is 509 g/mol. The number of carbonyl (C=O) groups excluding carboxylic acids is 1. The minimum absolute atomic E-state index is 0.00408. The first-order valence-corrected chi connectivity index (χ1v) is 14.9. The molecule has 37 heavy (non-hydrogen) atoms. The molecule has 0 aromatic heterocycles. The van der Waals surface area contributed by atoms with E-state index in [0.29, 0.717) is 22.8 Å². The Bertz CT molecular complexity index is 993. The molecule has 4 nitrogen and oxygen atoms in total. The standard InChI is InChI=1S/C33H48O4/c1-31(2,36)19-9-8-12-23-13-15-25-24-14-16-27-29(34)28(37-30(35)22-10-6-5-7-11-22)18-21-33(27,4)26(24)17-20-32(23,25)3/h5-7,10-11,16,23-26,28-29,34,36H,8-9,12-15,17-21H2,1-4H3. The quantitative estimate of drug-likeness (QED) is 0.234. The van der Waals surface area contributed by atoms with Crippen molar-refractivity contribution < 1.29 is 19.7 Å². The van der Waals surface area contributed by atoms with Crippen molar-refractivity contribution in [3.63, 3.8) is 0 Å². The largest absolute Gasteiger partial charge is 0.456 e. The highest BCUT2D eigenvalue weighted by Gasteiger charge is 2.59. The van der Waals surface area contributed by atoms with E-state index >= 15 is 0 Å². The molecule has 2 N–H and O–H groups in total. The molecule has 0 saturated heterocycles. The fourth-order valence-electron chi connectivity index (χ4n) is 9.14. The monoisotopic (exact) mass is 508 g/mol. The van der Waals surface area contributed by atoms with Crippen LogP contribution in [-0.4, -0.2) is 34.0 Å². The Balaban J connectivity index is 1.26. The summed E-state index contributed by atoms with van der Waals surface area (Å²) in [5.74, 6) is 2.54. The maximum Gasteiger partial charge on any atom is 0.338 e. The van der Waals surface area contributed by atoms with E-state index in [1.165, 1.54) is 38.5 Å². The molecule has 8 atom stereocenters. The molecule has 0 bridgehead atoms. The van der Waals surface area contributed by atoms with Gasteiger partial charge in [0.2, 0.25) is 0 Å². The van der Waals surface area contributed by atoms with E-state index in [4.69, 9.17) is 4.74 Å². The molecule has 1 aromatic carbocycles. The van der Waals surface area contributed by atoms with Crippen LogP contribution in [0.4, 0.5) is 0 Å². The highest BCUT2D eigenvalue weighted by molar-refractivity contribution is 5.89. The summed E-state index contributed by atoms with van der Waals surface area (Å²) in [7, 11) is 0. The maximum absolute atomic E-state index is 12.7. The second kappa shape index (κ2) is 10.2. The molecule has 4 heteroatoms. The number of benzene rings is 1. The summed E-state index contributed by atoms with van der Waals surface area (Å²) in [5.41, 5.74) is 1.56. The molecule has 204 valence electrons. The van der Waals surface area contributed by atoms with Gasteiger partial charge in [-0.15, -0.1) is 0 Å². The Morgan fingerprint density at radius 1 is 1.03 bits per heavy atom. The van der Waals surface area contributed by atoms with Crippen molar-refractivity contribution in [2.24, 2.45) is 34.5 Å². The molecule has 0 spiro atoms. The van der Waals surface area contributed by atoms with E-state index in [1.54, 1.807) is 12.1 Å². The lowest BCUT2D eigenvalue weighted by molar-refractivity contribution is -0.0817. The summed E-state index contributed by atoms with van der Waals surface area (Å²) < 4.78 is 5.84. The Hall–Kier alpha value is -1.65. The Kier molecular flexibility index (Phi) is 7.39. The van der Waals surface area contributed by atoms with Gasteiger partial charge in [-0.25, -0.2) is 4.79 Å². The van der Waals surface area contributed by atoms with E-state index in [0.717, 1.165) is 49.5 Å². The van der Waals surface area contributed by atoms with Crippen LogP contribution in [-0.2, 0) is 4.74 Å². The van der Waals surface area contributed by atoms with Gasteiger partial charge in [0.25, 0.3) is 0 Å². The first-order chi connectivity index (χ1) is 17.5. The first kappa shape index (κ1) is 26.9. The zero-order valence-corrected chi connectivity index (χ0v) is 23.4. The number of unbranched alkanes of at least 4 members (excludes halogenated alkanes) is 1. The average Bonchev–Trinajstić information content (AvgIpc) is 3.20. The van der Waals surface area contributed by atoms with Gasteiger partial charge in [0.1, 0.15) is 12.2 Å². The van der Waals surface area contributed by atoms with Crippen LogP contribution in [0.15, 0.2) is 42.0 Å². The molecule has 5 rings (SSSR count). The lowest BCUT2D eigenvalue weighted by atomic mass is 9.47. The lowest BCUT2D eigenvalue weighted by Crippen LogP contribution is -2.54. The molecule has 0 aliphatic heterocycles. The van der Waals surface area contributed by atoms with E-state index in [1.807, 2.05) is 32.0 Å². The minimum Gasteiger partial charge on any atom is -0.456 e. The topological polar surface area (TPSA) is 66.8 Å². The number of esters is 1. The highest BCUT2D eigenvalue weighted by atomic mass is 16.6. The number of fused-ring (bicyclic) bond motifs is 5. The van der Waals surface area contributed by atoms with Crippen LogP contribution in [0.3, 0.4) is 0 Å². The van der Waals surface area contributed by atoms with Gasteiger partial charge in [-0.2, -0.15) is 0 Å². The number of aliphatic hydroxyl groups excluding tert-OH is 1. The van der Waals surface area contributed by atoms with E-state index < -0.39 is 17.8 Å². The Morgan fingerprint density at radius 2 is 1.78 bits per heavy atom. The van der Waals surface area contributed by atoms with Crippen molar-refractivity contribution in [2.75, 3.05) is 0 Å². The molecule has 4 aliphatic rings. The summed E-state index contributed by atoms with van der Waals surface area (Å²) in [5, 5.41) is 21.5. The van der Waals surface area contributed by atoms with Crippen LogP contribution in [0.2, 0.25) is 0 Å². The SMILES string of the molecule is CC(C)(O)CCCCC1CCC2C3CC=C4C(O)C(OC(=O)c5ccccc5)CCC4(C)C3CCC12C. The van der Waals surface area contributed by atoms with Crippen molar-refractivity contribution >= 4 is 5.97 Å². The van der Waals surface area contributed by atoms with E-state index in [-0.39, 0.29) is 11.4 Å². The Labute approximate surface area is 223 Å². The fraction of sp³-hybridized carbons (Fsp3) is 0.727. The van der Waals surface area contributed by atoms with E-state index in [2.05, 4.69) is 19.9 Å². The molecule has 4 aliphatic carbocycles. The third-order valence-electron chi connectivity index (χ3n) is 11.2. The van der Waals surface area contributed by atoms with Crippen molar-refractivity contribution in [3.8, 4) is 0 Å². The van der Waals surface area contributed by atoms with Crippen LogP contribution < -0.4 is 0 Å². The van der Waals surface area contributed by atoms with Gasteiger partial charge in [0.05, 0.1) is 11.2 Å². The number of carbonyl (C=O) groups is 1. The number of hydrogen-bond donors (Lipinski definition) is 2. The molecule has 0 heterocycles. The van der Waals surface area contributed by atoms with Crippen molar-refractivity contribution in [1.82, 2.24) is 0 Å². The van der Waals surface area contributed by atoms with Crippen LogP contribution in [0.1, 0.15) is 109 Å². The minimum atomic E-state index is -0.701. The molecule has 8 unspecified atom stereocenters. The van der Waals surface area contributed by atoms with Crippen molar-refractivity contribution in [2.45, 2.75) is 116 Å². The molecular weight excluding hydrogens is 460 g/mol. The zero-order valence-electron chi connectivity index (χ0n) is 23.4. The van der Waals surface area contributed by atoms with Crippen LogP contribution >= 0.6 is 0 Å². The molecule has 0 amide bonds. The van der Waals surface area contributed by atoms with Gasteiger partial charge in [0.15, 0.2) is 0 Å². The second-order valence-corrected chi connectivity index (χ2v) is 13.9. The fourth-order valence-corrected chi connectivity index (χ4v) is 9.14. The number of aliphatic hydroxyl groups is 2. The van der Waals surface area contributed by atoms with Crippen LogP contribution in [0.25, 0.3) is 0 Å². The predicted molar refractivity (Wildman–Crippen MR) is 147 cm³/mol. The van der Waals surface area contributed by atoms with Crippen molar-refractivity contribution in [3.05, 3.63) is 47.5 Å². The molecule has 3 fully saturated rings. The van der Waals surface area contributed by atoms with Gasteiger partial charge in [-0.05, 0) is 124 Å². The van der Waals surface area contributed by atoms with Gasteiger partial charge < -0.3 is 14.9 Å². The maximum atomic E-state index is 12.7. The molecule has 0 radical (unpaired) electrons. The highest BCUT2D eigenvalue weighted by Crippen LogP contribution is 2.66. The first-order valence-electron chi connectivity index (χ1n) is 14.9. The van der Waals surface area contributed by atoms with Gasteiger partial charge in [-0.1, -0.05) is 51.0 Å². The number of rotatable bonds is 7. The normalized spacial score (nSPS) is 39.2. The third-order valence-corrected chi connectivity index (χ3v) is 11.2. The number of ether oxygens (including phenoxy) is 1. The molecule has 3 saturated carbocycles. The van der Waals surface area contributed by atoms with Gasteiger partial charge in [0, 0.05) is 0 Å². The molecular formula is C33H48O4. The van der Waals surface area contributed by atoms with E-state index in [9.17, 15) is 15.0 Å². The van der Waals surface area contributed by atoms with Gasteiger partial charge in [-0.3, -0.25) is 0 Å². The van der Waals surface area contributed by atoms with Crippen molar-refractivity contribution in [1.29, 1.82) is 0 Å². The molecule has 1 aromatic rings. The summed E-state index contributed by atoms with van der Waals surface area (Å²) in [4.78, 5) is 12.7. The van der Waals surface area contributed by atoms with Crippen LogP contribution in [0, 0.1) is 34.5 Å². The smallest absolute Gasteiger partial charge is 0.338 e.